The van der Waals surface area contributed by atoms with E-state index in [1.54, 1.807) is 0 Å². The van der Waals surface area contributed by atoms with Crippen LogP contribution in [0.15, 0.2) is 83.2 Å². The fourth-order valence-corrected chi connectivity index (χ4v) is 6.37. The third-order valence-electron chi connectivity index (χ3n) is 8.67. The van der Waals surface area contributed by atoms with Crippen LogP contribution >= 0.6 is 0 Å². The zero-order valence-corrected chi connectivity index (χ0v) is 24.0. The van der Waals surface area contributed by atoms with Gasteiger partial charge in [-0.25, -0.2) is 0 Å². The molecule has 3 nitrogen and oxygen atoms in total. The number of fused-ring (bicyclic) bond motifs is 2. The molecule has 2 aliphatic rings. The van der Waals surface area contributed by atoms with Gasteiger partial charge in [-0.1, -0.05) is 85.7 Å². The summed E-state index contributed by atoms with van der Waals surface area (Å²) < 4.78 is 0. The molecular formula is C34H44O3. The van der Waals surface area contributed by atoms with E-state index in [9.17, 15) is 14.7 Å². The minimum absolute atomic E-state index is 0.0118. The molecule has 1 aromatic carbocycles. The summed E-state index contributed by atoms with van der Waals surface area (Å²) in [5.41, 5.74) is 1.67. The molecule has 3 rings (SSSR count). The first kappa shape index (κ1) is 28.6. The summed E-state index contributed by atoms with van der Waals surface area (Å²) in [5, 5.41) is 11.9. The number of aliphatic hydroxyl groups excluding tert-OH is 1. The molecule has 1 saturated carbocycles. The summed E-state index contributed by atoms with van der Waals surface area (Å²) in [6, 6.07) is 9.62. The highest BCUT2D eigenvalue weighted by atomic mass is 16.3. The number of rotatable bonds is 8. The predicted molar refractivity (Wildman–Crippen MR) is 154 cm³/mol. The molecule has 0 amide bonds. The number of carbonyl (C=O) groups is 2. The lowest BCUT2D eigenvalue weighted by molar-refractivity contribution is -0.163. The number of benzene rings is 1. The number of hydrogen-bond acceptors (Lipinski definition) is 3. The number of aliphatic hydroxyl groups is 1. The van der Waals surface area contributed by atoms with Crippen molar-refractivity contribution in [3.8, 4) is 0 Å². The van der Waals surface area contributed by atoms with E-state index in [4.69, 9.17) is 0 Å². The number of allylic oxidation sites excluding steroid dienone is 9. The summed E-state index contributed by atoms with van der Waals surface area (Å²) in [6.45, 7) is 20.7. The summed E-state index contributed by atoms with van der Waals surface area (Å²) in [5.74, 6) is -0.539. The Morgan fingerprint density at radius 1 is 0.946 bits per heavy atom. The van der Waals surface area contributed by atoms with E-state index < -0.39 is 16.2 Å². The van der Waals surface area contributed by atoms with E-state index in [0.717, 1.165) is 23.1 Å². The lowest BCUT2D eigenvalue weighted by atomic mass is 9.39. The Labute approximate surface area is 223 Å². The van der Waals surface area contributed by atoms with Crippen LogP contribution in [0.2, 0.25) is 0 Å². The molecule has 0 saturated heterocycles. The lowest BCUT2D eigenvalue weighted by Gasteiger charge is -2.61. The third-order valence-corrected chi connectivity index (χ3v) is 8.67. The van der Waals surface area contributed by atoms with Crippen molar-refractivity contribution >= 4 is 17.1 Å². The van der Waals surface area contributed by atoms with E-state index in [-0.39, 0.29) is 23.2 Å². The highest BCUT2D eigenvalue weighted by Gasteiger charge is 2.72. The van der Waals surface area contributed by atoms with E-state index in [2.05, 4.69) is 40.3 Å². The van der Waals surface area contributed by atoms with Gasteiger partial charge in [0.25, 0.3) is 0 Å². The minimum Gasteiger partial charge on any atom is -0.511 e. The van der Waals surface area contributed by atoms with Gasteiger partial charge in [0.1, 0.15) is 11.2 Å². The lowest BCUT2D eigenvalue weighted by Crippen LogP contribution is -2.66. The first-order valence-corrected chi connectivity index (χ1v) is 13.4. The Hall–Kier alpha value is -2.94. The number of Topliss-reactive ketones (excluding diaryl/α,β-unsaturated/α-hetero) is 2. The largest absolute Gasteiger partial charge is 0.511 e. The van der Waals surface area contributed by atoms with E-state index in [1.807, 2.05) is 70.2 Å². The number of carbonyl (C=O) groups excluding carboxylic acids is 2. The van der Waals surface area contributed by atoms with Crippen molar-refractivity contribution < 1.29 is 14.7 Å². The Balaban J connectivity index is 2.45. The fourth-order valence-electron chi connectivity index (χ4n) is 6.37. The summed E-state index contributed by atoms with van der Waals surface area (Å²) in [4.78, 5) is 29.7. The fraction of sp³-hybridized carbons (Fsp3) is 0.471. The van der Waals surface area contributed by atoms with Crippen molar-refractivity contribution in [2.75, 3.05) is 0 Å². The average molecular weight is 501 g/mol. The van der Waals surface area contributed by atoms with Crippen molar-refractivity contribution in [3.05, 3.63) is 88.8 Å². The monoisotopic (exact) mass is 500 g/mol. The van der Waals surface area contributed by atoms with Gasteiger partial charge in [-0.3, -0.25) is 9.59 Å². The second kappa shape index (κ2) is 10.4. The molecule has 0 radical (unpaired) electrons. The standard InChI is InChI=1S/C34H44O3/c1-22(2)15-17-27-21-33(20-19-24(5)6)29(35)28(18-16-23(3)4)30(36)34(31(33)37,32(27,8)9)25(7)26-13-11-10-12-14-26/h10-16,19,27,35H,7,17-18,20-21H2,1-6,8-9H3/t27-,33+,34-/m0/s1. The van der Waals surface area contributed by atoms with Crippen molar-refractivity contribution in [2.24, 2.45) is 22.2 Å². The van der Waals surface area contributed by atoms with Crippen LogP contribution in [0.4, 0.5) is 0 Å². The predicted octanol–water partition coefficient (Wildman–Crippen LogP) is 8.75. The molecule has 1 aromatic rings. The molecular weight excluding hydrogens is 456 g/mol. The van der Waals surface area contributed by atoms with E-state index in [1.165, 1.54) is 5.57 Å². The smallest absolute Gasteiger partial charge is 0.181 e. The highest BCUT2D eigenvalue weighted by Crippen LogP contribution is 2.68. The normalized spacial score (nSPS) is 26.4. The molecule has 37 heavy (non-hydrogen) atoms. The number of hydrogen-bond donors (Lipinski definition) is 1. The maximum absolute atomic E-state index is 14.9. The van der Waals surface area contributed by atoms with Crippen molar-refractivity contribution in [1.82, 2.24) is 0 Å². The molecule has 2 bridgehead atoms. The maximum Gasteiger partial charge on any atom is 0.181 e. The molecule has 0 aromatic heterocycles. The minimum atomic E-state index is -1.47. The number of ketones is 2. The molecule has 3 atom stereocenters. The zero-order chi connectivity index (χ0) is 27.8. The van der Waals surface area contributed by atoms with E-state index >= 15 is 0 Å². The van der Waals surface area contributed by atoms with Crippen LogP contribution in [0, 0.1) is 22.2 Å². The van der Waals surface area contributed by atoms with Gasteiger partial charge in [-0.05, 0) is 89.7 Å². The van der Waals surface area contributed by atoms with Crippen LogP contribution in [-0.4, -0.2) is 16.7 Å². The molecule has 3 heteroatoms. The van der Waals surface area contributed by atoms with Crippen LogP contribution in [-0.2, 0) is 9.59 Å². The molecule has 1 fully saturated rings. The Bertz CT molecular complexity index is 1210. The molecule has 0 aliphatic heterocycles. The van der Waals surface area contributed by atoms with Crippen LogP contribution in [0.3, 0.4) is 0 Å². The van der Waals surface area contributed by atoms with E-state index in [0.29, 0.717) is 30.4 Å². The first-order chi connectivity index (χ1) is 17.2. The summed E-state index contributed by atoms with van der Waals surface area (Å²) in [7, 11) is 0. The topological polar surface area (TPSA) is 54.4 Å². The van der Waals surface area contributed by atoms with Crippen molar-refractivity contribution in [3.63, 3.8) is 0 Å². The zero-order valence-electron chi connectivity index (χ0n) is 24.0. The van der Waals surface area contributed by atoms with Gasteiger partial charge in [-0.15, -0.1) is 0 Å². The molecule has 2 aliphatic carbocycles. The first-order valence-electron chi connectivity index (χ1n) is 13.4. The molecule has 0 heterocycles. The summed E-state index contributed by atoms with van der Waals surface area (Å²) in [6.07, 6.45) is 8.10. The quantitative estimate of drug-likeness (QED) is 0.287. The third kappa shape index (κ3) is 4.62. The van der Waals surface area contributed by atoms with Crippen LogP contribution in [0.5, 0.6) is 0 Å². The van der Waals surface area contributed by atoms with Crippen LogP contribution in [0.1, 0.15) is 86.6 Å². The second-order valence-corrected chi connectivity index (χ2v) is 12.3. The Kier molecular flexibility index (Phi) is 8.08. The maximum atomic E-state index is 14.9. The van der Waals surface area contributed by atoms with Crippen LogP contribution in [0.25, 0.3) is 5.57 Å². The van der Waals surface area contributed by atoms with Gasteiger partial charge in [0.05, 0.1) is 5.41 Å². The molecule has 1 N–H and O–H groups in total. The van der Waals surface area contributed by atoms with Crippen molar-refractivity contribution in [2.45, 2.75) is 81.1 Å². The van der Waals surface area contributed by atoms with Gasteiger partial charge in [0.15, 0.2) is 11.6 Å². The van der Waals surface area contributed by atoms with Crippen LogP contribution < -0.4 is 0 Å². The van der Waals surface area contributed by atoms with Crippen molar-refractivity contribution in [1.29, 1.82) is 0 Å². The molecule has 0 unspecified atom stereocenters. The van der Waals surface area contributed by atoms with Gasteiger partial charge >= 0.3 is 0 Å². The van der Waals surface area contributed by atoms with Gasteiger partial charge in [0.2, 0.25) is 0 Å². The highest BCUT2D eigenvalue weighted by molar-refractivity contribution is 6.28. The SMILES string of the molecule is C=C(c1ccccc1)[C@@]12C(=O)C(CC=C(C)C)=C(O)[C@@](CC=C(C)C)(C[C@H](CC=C(C)C)C1(C)C)C2=O. The Morgan fingerprint density at radius 3 is 2.05 bits per heavy atom. The molecule has 0 spiro atoms. The summed E-state index contributed by atoms with van der Waals surface area (Å²) >= 11 is 0. The van der Waals surface area contributed by atoms with Gasteiger partial charge in [0, 0.05) is 5.57 Å². The average Bonchev–Trinajstić information content (AvgIpc) is 2.82. The molecule has 198 valence electrons. The van der Waals surface area contributed by atoms with Gasteiger partial charge < -0.3 is 5.11 Å². The second-order valence-electron chi connectivity index (χ2n) is 12.3. The van der Waals surface area contributed by atoms with Gasteiger partial charge in [-0.2, -0.15) is 0 Å². The Morgan fingerprint density at radius 2 is 1.51 bits per heavy atom.